The Hall–Kier alpha value is -1.40. The van der Waals surface area contributed by atoms with Crippen molar-refractivity contribution in [1.82, 2.24) is 14.7 Å². The number of nitrogens with zero attached hydrogens (tertiary/aromatic N) is 2. The van der Waals surface area contributed by atoms with Crippen molar-refractivity contribution in [2.75, 3.05) is 6.54 Å². The number of carbonyl (C=O) groups is 1. The molecule has 5 nitrogen and oxygen atoms in total. The molecule has 2 aromatic heterocycles. The number of aliphatic hydroxyl groups is 1. The van der Waals surface area contributed by atoms with E-state index in [1.165, 1.54) is 0 Å². The molecule has 18 heavy (non-hydrogen) atoms. The van der Waals surface area contributed by atoms with Crippen molar-refractivity contribution in [2.45, 2.75) is 32.3 Å². The third-order valence-electron chi connectivity index (χ3n) is 2.76. The second-order valence-corrected chi connectivity index (χ2v) is 5.08. The Bertz CT molecular complexity index is 492. The minimum Gasteiger partial charge on any atom is -0.393 e. The molecule has 2 N–H and O–H groups in total. The van der Waals surface area contributed by atoms with Gasteiger partial charge in [-0.15, -0.1) is 11.3 Å². The summed E-state index contributed by atoms with van der Waals surface area (Å²) in [5, 5.41) is 14.1. The number of fused-ring (bicyclic) bond motifs is 1. The van der Waals surface area contributed by atoms with Gasteiger partial charge < -0.3 is 10.4 Å². The summed E-state index contributed by atoms with van der Waals surface area (Å²) in [5.74, 6) is -0.0518. The molecule has 2 rings (SSSR count). The number of nitrogens with one attached hydrogen (secondary N) is 1. The van der Waals surface area contributed by atoms with Gasteiger partial charge in [-0.1, -0.05) is 6.92 Å². The molecule has 0 spiro atoms. The second-order valence-electron chi connectivity index (χ2n) is 4.20. The van der Waals surface area contributed by atoms with Crippen molar-refractivity contribution in [3.63, 3.8) is 0 Å². The highest BCUT2D eigenvalue weighted by atomic mass is 32.1. The zero-order valence-corrected chi connectivity index (χ0v) is 11.1. The van der Waals surface area contributed by atoms with Gasteiger partial charge in [-0.25, -0.2) is 4.98 Å². The van der Waals surface area contributed by atoms with E-state index in [-0.39, 0.29) is 18.4 Å². The van der Waals surface area contributed by atoms with Gasteiger partial charge >= 0.3 is 0 Å². The van der Waals surface area contributed by atoms with Crippen LogP contribution in [0.1, 0.15) is 25.5 Å². The molecule has 0 saturated carbocycles. The highest BCUT2D eigenvalue weighted by Gasteiger charge is 2.08. The molecule has 0 aromatic carbocycles. The lowest BCUT2D eigenvalue weighted by atomic mass is 10.2. The van der Waals surface area contributed by atoms with Gasteiger partial charge in [0.25, 0.3) is 0 Å². The average Bonchev–Trinajstić information content (AvgIpc) is 2.89. The van der Waals surface area contributed by atoms with Crippen LogP contribution in [0, 0.1) is 0 Å². The van der Waals surface area contributed by atoms with Gasteiger partial charge in [-0.2, -0.15) is 0 Å². The monoisotopic (exact) mass is 267 g/mol. The highest BCUT2D eigenvalue weighted by molar-refractivity contribution is 7.15. The van der Waals surface area contributed by atoms with Gasteiger partial charge in [0.05, 0.1) is 18.2 Å². The van der Waals surface area contributed by atoms with E-state index in [1.54, 1.807) is 11.3 Å². The average molecular weight is 267 g/mol. The molecule has 2 heterocycles. The molecular weight excluding hydrogens is 250 g/mol. The third-order valence-corrected chi connectivity index (χ3v) is 3.53. The summed E-state index contributed by atoms with van der Waals surface area (Å²) in [6.45, 7) is 2.43. The van der Waals surface area contributed by atoms with E-state index in [1.807, 2.05) is 29.1 Å². The summed E-state index contributed by atoms with van der Waals surface area (Å²) in [5.41, 5.74) is 0.774. The number of amides is 1. The lowest BCUT2D eigenvalue weighted by Crippen LogP contribution is -2.28. The van der Waals surface area contributed by atoms with Crippen LogP contribution in [0.25, 0.3) is 4.96 Å². The Morgan fingerprint density at radius 3 is 3.22 bits per heavy atom. The topological polar surface area (TPSA) is 66.6 Å². The number of aromatic nitrogens is 2. The fraction of sp³-hybridized carbons (Fsp3) is 0.500. The molecule has 0 aliphatic rings. The van der Waals surface area contributed by atoms with E-state index in [0.29, 0.717) is 19.4 Å². The summed E-state index contributed by atoms with van der Waals surface area (Å²) in [7, 11) is 0. The summed E-state index contributed by atoms with van der Waals surface area (Å²) in [4.78, 5) is 16.9. The molecule has 1 unspecified atom stereocenters. The maximum Gasteiger partial charge on any atom is 0.226 e. The number of rotatable bonds is 6. The Morgan fingerprint density at radius 2 is 2.50 bits per heavy atom. The van der Waals surface area contributed by atoms with E-state index >= 15 is 0 Å². The smallest absolute Gasteiger partial charge is 0.226 e. The fourth-order valence-electron chi connectivity index (χ4n) is 1.67. The molecule has 0 radical (unpaired) electrons. The molecule has 0 saturated heterocycles. The van der Waals surface area contributed by atoms with Crippen molar-refractivity contribution < 1.29 is 9.90 Å². The summed E-state index contributed by atoms with van der Waals surface area (Å²) < 4.78 is 1.91. The summed E-state index contributed by atoms with van der Waals surface area (Å²) >= 11 is 1.55. The maximum atomic E-state index is 11.6. The van der Waals surface area contributed by atoms with Gasteiger partial charge in [0, 0.05) is 24.3 Å². The first-order valence-electron chi connectivity index (χ1n) is 6.05. The second kappa shape index (κ2) is 5.97. The zero-order chi connectivity index (χ0) is 13.0. The Balaban J connectivity index is 1.79. The van der Waals surface area contributed by atoms with Crippen LogP contribution in [0.4, 0.5) is 0 Å². The van der Waals surface area contributed by atoms with Crippen LogP contribution in [-0.4, -0.2) is 33.0 Å². The molecule has 1 atom stereocenters. The first-order valence-corrected chi connectivity index (χ1v) is 6.93. The molecule has 0 fully saturated rings. The number of hydrogen-bond donors (Lipinski definition) is 2. The molecular formula is C12H17N3O2S. The Kier molecular flexibility index (Phi) is 4.33. The summed E-state index contributed by atoms with van der Waals surface area (Å²) in [6.07, 6.45) is 5.06. The number of aliphatic hydroxyl groups excluding tert-OH is 1. The zero-order valence-electron chi connectivity index (χ0n) is 10.3. The van der Waals surface area contributed by atoms with Crippen LogP contribution in [0.3, 0.4) is 0 Å². The molecule has 6 heteroatoms. The largest absolute Gasteiger partial charge is 0.393 e. The number of imidazole rings is 1. The predicted molar refractivity (Wildman–Crippen MR) is 70.7 cm³/mol. The lowest BCUT2D eigenvalue weighted by molar-refractivity contribution is -0.120. The minimum atomic E-state index is -0.330. The van der Waals surface area contributed by atoms with Crippen molar-refractivity contribution in [2.24, 2.45) is 0 Å². The Labute approximate surface area is 109 Å². The molecule has 0 bridgehead atoms. The maximum absolute atomic E-state index is 11.6. The van der Waals surface area contributed by atoms with Crippen molar-refractivity contribution >= 4 is 22.2 Å². The van der Waals surface area contributed by atoms with Gasteiger partial charge in [-0.05, 0) is 12.8 Å². The van der Waals surface area contributed by atoms with Crippen LogP contribution in [0.15, 0.2) is 17.8 Å². The number of thiazole rings is 1. The highest BCUT2D eigenvalue weighted by Crippen LogP contribution is 2.11. The summed E-state index contributed by atoms with van der Waals surface area (Å²) in [6, 6.07) is 0. The molecule has 0 aliphatic carbocycles. The molecule has 2 aromatic rings. The minimum absolute atomic E-state index is 0.0518. The van der Waals surface area contributed by atoms with Crippen LogP contribution in [0.5, 0.6) is 0 Å². The first-order chi connectivity index (χ1) is 8.69. The van der Waals surface area contributed by atoms with Gasteiger partial charge in [0.15, 0.2) is 4.96 Å². The van der Waals surface area contributed by atoms with Crippen LogP contribution in [0.2, 0.25) is 0 Å². The fourth-order valence-corrected chi connectivity index (χ4v) is 2.39. The van der Waals surface area contributed by atoms with Crippen LogP contribution < -0.4 is 5.32 Å². The SMILES string of the molecule is CCC(O)CCNC(=O)Cc1cn2ccsc2n1. The molecule has 98 valence electrons. The van der Waals surface area contributed by atoms with E-state index < -0.39 is 0 Å². The van der Waals surface area contributed by atoms with E-state index in [9.17, 15) is 9.90 Å². The van der Waals surface area contributed by atoms with Crippen molar-refractivity contribution in [3.8, 4) is 0 Å². The van der Waals surface area contributed by atoms with Crippen molar-refractivity contribution in [3.05, 3.63) is 23.5 Å². The van der Waals surface area contributed by atoms with Gasteiger partial charge in [0.2, 0.25) is 5.91 Å². The van der Waals surface area contributed by atoms with Crippen LogP contribution >= 0.6 is 11.3 Å². The molecule has 1 amide bonds. The number of carbonyl (C=O) groups excluding carboxylic acids is 1. The standard InChI is InChI=1S/C12H17N3O2S/c1-2-10(16)3-4-13-11(17)7-9-8-15-5-6-18-12(15)14-9/h5-6,8,10,16H,2-4,7H2,1H3,(H,13,17). The predicted octanol–water partition coefficient (Wildman–Crippen LogP) is 1.22. The van der Waals surface area contributed by atoms with Crippen molar-refractivity contribution in [1.29, 1.82) is 0 Å². The van der Waals surface area contributed by atoms with Gasteiger partial charge in [-0.3, -0.25) is 9.20 Å². The normalized spacial score (nSPS) is 12.8. The van der Waals surface area contributed by atoms with E-state index in [2.05, 4.69) is 10.3 Å². The van der Waals surface area contributed by atoms with E-state index in [0.717, 1.165) is 10.7 Å². The Morgan fingerprint density at radius 1 is 1.67 bits per heavy atom. The lowest BCUT2D eigenvalue weighted by Gasteiger charge is -2.08. The molecule has 0 aliphatic heterocycles. The first kappa shape index (κ1) is 13.0. The van der Waals surface area contributed by atoms with Gasteiger partial charge in [0.1, 0.15) is 0 Å². The quantitative estimate of drug-likeness (QED) is 0.827. The van der Waals surface area contributed by atoms with Crippen LogP contribution in [-0.2, 0) is 11.2 Å². The number of hydrogen-bond acceptors (Lipinski definition) is 4. The third kappa shape index (κ3) is 3.30. The van der Waals surface area contributed by atoms with E-state index in [4.69, 9.17) is 0 Å².